The van der Waals surface area contributed by atoms with E-state index in [-0.39, 0.29) is 5.91 Å². The minimum Gasteiger partial charge on any atom is -0.323 e. The lowest BCUT2D eigenvalue weighted by atomic mass is 10.2. The predicted molar refractivity (Wildman–Crippen MR) is 115 cm³/mol. The van der Waals surface area contributed by atoms with Gasteiger partial charge in [0.05, 0.1) is 26.8 Å². The summed E-state index contributed by atoms with van der Waals surface area (Å²) in [5.74, 6) is 0.382. The normalized spacial score (nSPS) is 10.8. The molecule has 0 atom stereocenters. The van der Waals surface area contributed by atoms with Crippen LogP contribution in [0.3, 0.4) is 0 Å². The molecular weight excluding hydrogens is 395 g/mol. The quantitative estimate of drug-likeness (QED) is 0.441. The standard InChI is InChI=1S/C21H16Cl2N4O/c1-27-18-11-10-13(20(28)24-14-6-3-2-4-7-14)12-17(18)25-21(27)26-19-15(22)8-5-9-16(19)23/h2-12H,1H3,(H,24,28)(H,25,26). The zero-order chi connectivity index (χ0) is 19.7. The first kappa shape index (κ1) is 18.3. The smallest absolute Gasteiger partial charge is 0.255 e. The highest BCUT2D eigenvalue weighted by atomic mass is 35.5. The number of carbonyl (C=O) groups excluding carboxylic acids is 1. The van der Waals surface area contributed by atoms with Crippen molar-refractivity contribution in [2.24, 2.45) is 7.05 Å². The summed E-state index contributed by atoms with van der Waals surface area (Å²) in [4.78, 5) is 17.1. The Morgan fingerprint density at radius 2 is 1.68 bits per heavy atom. The molecule has 0 saturated carbocycles. The second-order valence-corrected chi connectivity index (χ2v) is 7.05. The number of anilines is 3. The molecule has 4 aromatic rings. The monoisotopic (exact) mass is 410 g/mol. The van der Waals surface area contributed by atoms with Crippen LogP contribution < -0.4 is 10.6 Å². The Bertz CT molecular complexity index is 1150. The van der Waals surface area contributed by atoms with Crippen LogP contribution in [-0.4, -0.2) is 15.5 Å². The summed E-state index contributed by atoms with van der Waals surface area (Å²) in [5, 5.41) is 7.05. The van der Waals surface area contributed by atoms with E-state index in [0.29, 0.717) is 32.8 Å². The molecule has 0 aliphatic rings. The number of halogens is 2. The average Bonchev–Trinajstić information content (AvgIpc) is 3.00. The second kappa shape index (κ2) is 7.54. The van der Waals surface area contributed by atoms with Gasteiger partial charge in [0.2, 0.25) is 5.95 Å². The topological polar surface area (TPSA) is 59.0 Å². The number of amides is 1. The number of nitrogens with one attached hydrogen (secondary N) is 2. The number of imidazole rings is 1. The fraction of sp³-hybridized carbons (Fsp3) is 0.0476. The van der Waals surface area contributed by atoms with Crippen LogP contribution in [0.15, 0.2) is 66.7 Å². The molecule has 140 valence electrons. The summed E-state index contributed by atoms with van der Waals surface area (Å²) in [6, 6.07) is 20.0. The highest BCUT2D eigenvalue weighted by molar-refractivity contribution is 6.39. The highest BCUT2D eigenvalue weighted by Gasteiger charge is 2.14. The first-order valence-electron chi connectivity index (χ1n) is 8.57. The largest absolute Gasteiger partial charge is 0.323 e. The van der Waals surface area contributed by atoms with Gasteiger partial charge in [-0.1, -0.05) is 47.5 Å². The van der Waals surface area contributed by atoms with Gasteiger partial charge in [0, 0.05) is 18.3 Å². The third-order valence-corrected chi connectivity index (χ3v) is 5.00. The molecular formula is C21H16Cl2N4O. The van der Waals surface area contributed by atoms with E-state index in [2.05, 4.69) is 15.6 Å². The summed E-state index contributed by atoms with van der Waals surface area (Å²) >= 11 is 12.5. The number of rotatable bonds is 4. The van der Waals surface area contributed by atoms with Crippen LogP contribution in [-0.2, 0) is 7.05 Å². The van der Waals surface area contributed by atoms with Gasteiger partial charge in [0.15, 0.2) is 0 Å². The maximum Gasteiger partial charge on any atom is 0.255 e. The van der Waals surface area contributed by atoms with Gasteiger partial charge in [0.25, 0.3) is 5.91 Å². The van der Waals surface area contributed by atoms with Gasteiger partial charge in [-0.3, -0.25) is 4.79 Å². The lowest BCUT2D eigenvalue weighted by molar-refractivity contribution is 0.102. The van der Waals surface area contributed by atoms with E-state index in [1.165, 1.54) is 0 Å². The molecule has 0 unspecified atom stereocenters. The fourth-order valence-corrected chi connectivity index (χ4v) is 3.40. The van der Waals surface area contributed by atoms with E-state index in [0.717, 1.165) is 11.2 Å². The number of hydrogen-bond donors (Lipinski definition) is 2. The lowest BCUT2D eigenvalue weighted by Crippen LogP contribution is -2.11. The molecule has 0 aliphatic heterocycles. The molecule has 0 radical (unpaired) electrons. The van der Waals surface area contributed by atoms with Crippen molar-refractivity contribution in [1.82, 2.24) is 9.55 Å². The zero-order valence-electron chi connectivity index (χ0n) is 14.9. The maximum atomic E-state index is 12.5. The van der Waals surface area contributed by atoms with E-state index in [9.17, 15) is 4.79 Å². The van der Waals surface area contributed by atoms with Crippen molar-refractivity contribution in [1.29, 1.82) is 0 Å². The highest BCUT2D eigenvalue weighted by Crippen LogP contribution is 2.33. The Kier molecular flexibility index (Phi) is 4.94. The van der Waals surface area contributed by atoms with Crippen molar-refractivity contribution in [2.45, 2.75) is 0 Å². The van der Waals surface area contributed by atoms with E-state index < -0.39 is 0 Å². The van der Waals surface area contributed by atoms with Crippen LogP contribution in [0.1, 0.15) is 10.4 Å². The van der Waals surface area contributed by atoms with Crippen LogP contribution in [0.25, 0.3) is 11.0 Å². The molecule has 1 heterocycles. The Hall–Kier alpha value is -3.02. The first-order chi connectivity index (χ1) is 13.5. The van der Waals surface area contributed by atoms with Gasteiger partial charge in [0.1, 0.15) is 0 Å². The maximum absolute atomic E-state index is 12.5. The number of aromatic nitrogens is 2. The number of carbonyl (C=O) groups is 1. The van der Waals surface area contributed by atoms with Gasteiger partial charge < -0.3 is 15.2 Å². The van der Waals surface area contributed by atoms with E-state index >= 15 is 0 Å². The van der Waals surface area contributed by atoms with Gasteiger partial charge in [-0.15, -0.1) is 0 Å². The summed E-state index contributed by atoms with van der Waals surface area (Å²) in [5.41, 5.74) is 3.42. The molecule has 3 aromatic carbocycles. The number of para-hydroxylation sites is 2. The number of fused-ring (bicyclic) bond motifs is 1. The molecule has 28 heavy (non-hydrogen) atoms. The van der Waals surface area contributed by atoms with E-state index in [1.54, 1.807) is 30.3 Å². The van der Waals surface area contributed by atoms with Crippen LogP contribution >= 0.6 is 23.2 Å². The SMILES string of the molecule is Cn1c(Nc2c(Cl)cccc2Cl)nc2cc(C(=O)Nc3ccccc3)ccc21. The summed E-state index contributed by atoms with van der Waals surface area (Å²) in [6.45, 7) is 0. The van der Waals surface area contributed by atoms with Gasteiger partial charge in [-0.2, -0.15) is 0 Å². The van der Waals surface area contributed by atoms with Gasteiger partial charge in [-0.25, -0.2) is 4.98 Å². The predicted octanol–water partition coefficient (Wildman–Crippen LogP) is 5.88. The minimum atomic E-state index is -0.192. The summed E-state index contributed by atoms with van der Waals surface area (Å²) in [7, 11) is 1.88. The molecule has 0 bridgehead atoms. The first-order valence-corrected chi connectivity index (χ1v) is 9.32. The van der Waals surface area contributed by atoms with Crippen LogP contribution in [0.4, 0.5) is 17.3 Å². The Labute approximate surface area is 171 Å². The molecule has 0 spiro atoms. The van der Waals surface area contributed by atoms with Crippen molar-refractivity contribution in [3.63, 3.8) is 0 Å². The number of aryl methyl sites for hydroxylation is 1. The molecule has 7 heteroatoms. The molecule has 4 rings (SSSR count). The third kappa shape index (κ3) is 3.54. The van der Waals surface area contributed by atoms with Crippen molar-refractivity contribution in [3.8, 4) is 0 Å². The van der Waals surface area contributed by atoms with Crippen LogP contribution in [0.2, 0.25) is 10.0 Å². The lowest BCUT2D eigenvalue weighted by Gasteiger charge is -2.09. The summed E-state index contributed by atoms with van der Waals surface area (Å²) in [6.07, 6.45) is 0. The average molecular weight is 411 g/mol. The van der Waals surface area contributed by atoms with Gasteiger partial charge >= 0.3 is 0 Å². The van der Waals surface area contributed by atoms with Gasteiger partial charge in [-0.05, 0) is 42.5 Å². The molecule has 1 aromatic heterocycles. The Morgan fingerprint density at radius 3 is 2.39 bits per heavy atom. The Morgan fingerprint density at radius 1 is 0.964 bits per heavy atom. The van der Waals surface area contributed by atoms with E-state index in [4.69, 9.17) is 23.2 Å². The van der Waals surface area contributed by atoms with Crippen LogP contribution in [0, 0.1) is 0 Å². The zero-order valence-corrected chi connectivity index (χ0v) is 16.4. The third-order valence-electron chi connectivity index (χ3n) is 4.37. The molecule has 0 fully saturated rings. The fourth-order valence-electron chi connectivity index (χ4n) is 2.91. The number of benzene rings is 3. The van der Waals surface area contributed by atoms with Crippen molar-refractivity contribution >= 4 is 57.5 Å². The summed E-state index contributed by atoms with van der Waals surface area (Å²) < 4.78 is 1.88. The number of nitrogens with zero attached hydrogens (tertiary/aromatic N) is 2. The molecule has 5 nitrogen and oxygen atoms in total. The van der Waals surface area contributed by atoms with Crippen molar-refractivity contribution < 1.29 is 4.79 Å². The van der Waals surface area contributed by atoms with Crippen LogP contribution in [0.5, 0.6) is 0 Å². The minimum absolute atomic E-state index is 0.192. The second-order valence-electron chi connectivity index (χ2n) is 6.24. The molecule has 2 N–H and O–H groups in total. The van der Waals surface area contributed by atoms with Crippen molar-refractivity contribution in [3.05, 3.63) is 82.3 Å². The molecule has 0 saturated heterocycles. The number of hydrogen-bond acceptors (Lipinski definition) is 3. The molecule has 0 aliphatic carbocycles. The van der Waals surface area contributed by atoms with Crippen molar-refractivity contribution in [2.75, 3.05) is 10.6 Å². The Balaban J connectivity index is 1.65. The molecule has 1 amide bonds. The van der Waals surface area contributed by atoms with E-state index in [1.807, 2.05) is 48.0 Å².